The Hall–Kier alpha value is -5.52. The maximum Gasteiger partial charge on any atom is 0.407 e. The van der Waals surface area contributed by atoms with Crippen molar-refractivity contribution in [2.45, 2.75) is 37.9 Å². The number of hydrogen-bond acceptors (Lipinski definition) is 9. The van der Waals surface area contributed by atoms with Gasteiger partial charge in [-0.3, -0.25) is 9.48 Å². The number of benzene rings is 1. The van der Waals surface area contributed by atoms with Gasteiger partial charge in [0.2, 0.25) is 0 Å². The van der Waals surface area contributed by atoms with Crippen molar-refractivity contribution in [3.63, 3.8) is 0 Å². The van der Waals surface area contributed by atoms with Gasteiger partial charge >= 0.3 is 6.09 Å². The van der Waals surface area contributed by atoms with E-state index in [1.807, 2.05) is 18.2 Å². The normalized spacial score (nSPS) is 14.7. The summed E-state index contributed by atoms with van der Waals surface area (Å²) in [7, 11) is 0. The summed E-state index contributed by atoms with van der Waals surface area (Å²) >= 11 is 0. The maximum absolute atomic E-state index is 13.1. The number of amides is 1. The Labute approximate surface area is 232 Å². The summed E-state index contributed by atoms with van der Waals surface area (Å²) in [6.45, 7) is 1.42. The van der Waals surface area contributed by atoms with Gasteiger partial charge < -0.3 is 20.3 Å². The standard InChI is InChI=1S/C26H26N12O3/c27-5-2-26(3-10-35(11-4-26)25(40)41)38-21-1-6-28-24(39)22(21)23(33-38)32-20-14-18(16-36-12-9-29-34-36)13-19(15-20)17-37-30-7-8-31-37/h1,6-9,12-15H,2-4,10-11,16-17H2,(H,28,39)(H,32,33)(H,40,41). The molecule has 15 heteroatoms. The van der Waals surface area contributed by atoms with Gasteiger partial charge in [-0.2, -0.15) is 25.4 Å². The van der Waals surface area contributed by atoms with Crippen molar-refractivity contribution in [1.82, 2.24) is 49.7 Å². The number of nitrogens with one attached hydrogen (secondary N) is 2. The number of H-pyrrole nitrogens is 1. The molecular weight excluding hydrogens is 528 g/mol. The Morgan fingerprint density at radius 2 is 1.88 bits per heavy atom. The summed E-state index contributed by atoms with van der Waals surface area (Å²) in [5.41, 5.74) is 2.01. The highest BCUT2D eigenvalue weighted by molar-refractivity contribution is 5.91. The summed E-state index contributed by atoms with van der Waals surface area (Å²) in [5.74, 6) is 0.334. The van der Waals surface area contributed by atoms with E-state index in [-0.39, 0.29) is 25.1 Å². The number of anilines is 2. The number of pyridine rings is 1. The Kier molecular flexibility index (Phi) is 6.63. The lowest BCUT2D eigenvalue weighted by molar-refractivity contribution is 0.0912. The number of aromatic nitrogens is 9. The molecule has 1 aliphatic heterocycles. The molecule has 1 saturated heterocycles. The minimum Gasteiger partial charge on any atom is -0.465 e. The van der Waals surface area contributed by atoms with E-state index >= 15 is 0 Å². The van der Waals surface area contributed by atoms with Crippen LogP contribution < -0.4 is 10.9 Å². The van der Waals surface area contributed by atoms with Crippen LogP contribution in [0.15, 0.2) is 60.0 Å². The zero-order valence-corrected chi connectivity index (χ0v) is 21.9. The van der Waals surface area contributed by atoms with Gasteiger partial charge in [-0.1, -0.05) is 11.3 Å². The van der Waals surface area contributed by atoms with Crippen LogP contribution >= 0.6 is 0 Å². The van der Waals surface area contributed by atoms with Gasteiger partial charge in [-0.25, -0.2) is 9.48 Å². The predicted molar refractivity (Wildman–Crippen MR) is 145 cm³/mol. The minimum atomic E-state index is -0.994. The molecule has 0 spiro atoms. The smallest absolute Gasteiger partial charge is 0.407 e. The van der Waals surface area contributed by atoms with Crippen LogP contribution in [-0.4, -0.2) is 73.9 Å². The third-order valence-corrected chi connectivity index (χ3v) is 7.35. The van der Waals surface area contributed by atoms with Crippen LogP contribution in [0.25, 0.3) is 10.9 Å². The molecule has 15 nitrogen and oxygen atoms in total. The van der Waals surface area contributed by atoms with E-state index in [9.17, 15) is 20.0 Å². The zero-order chi connectivity index (χ0) is 28.4. The third kappa shape index (κ3) is 5.10. The summed E-state index contributed by atoms with van der Waals surface area (Å²) in [6.07, 6.45) is 8.07. The Balaban J connectivity index is 1.41. The first-order valence-electron chi connectivity index (χ1n) is 13.0. The molecule has 1 amide bonds. The number of fused-ring (bicyclic) bond motifs is 1. The first-order valence-corrected chi connectivity index (χ1v) is 13.0. The Bertz CT molecular complexity index is 1720. The Morgan fingerprint density at radius 1 is 1.12 bits per heavy atom. The number of carboxylic acid groups (broad SMARTS) is 1. The lowest BCUT2D eigenvalue weighted by Gasteiger charge is -2.40. The molecule has 4 aromatic heterocycles. The Morgan fingerprint density at radius 3 is 2.56 bits per heavy atom. The van der Waals surface area contributed by atoms with Gasteiger partial charge in [-0.05, 0) is 42.2 Å². The summed E-state index contributed by atoms with van der Waals surface area (Å²) in [6, 6.07) is 9.92. The van der Waals surface area contributed by atoms with Crippen LogP contribution in [0, 0.1) is 11.3 Å². The second-order valence-corrected chi connectivity index (χ2v) is 9.98. The number of likely N-dealkylation sites (tertiary alicyclic amines) is 1. The highest BCUT2D eigenvalue weighted by Gasteiger charge is 2.40. The maximum atomic E-state index is 13.1. The van der Waals surface area contributed by atoms with Crippen LogP contribution in [0.2, 0.25) is 0 Å². The highest BCUT2D eigenvalue weighted by atomic mass is 16.4. The molecule has 6 rings (SSSR count). The first kappa shape index (κ1) is 25.7. The third-order valence-electron chi connectivity index (χ3n) is 7.35. The van der Waals surface area contributed by atoms with Crippen molar-refractivity contribution >= 4 is 28.5 Å². The fourth-order valence-electron chi connectivity index (χ4n) is 5.40. The second-order valence-electron chi connectivity index (χ2n) is 9.98. The number of hydrogen-bond donors (Lipinski definition) is 3. The number of nitrogens with zero attached hydrogens (tertiary/aromatic N) is 10. The molecule has 1 aliphatic rings. The molecule has 0 saturated carbocycles. The van der Waals surface area contributed by atoms with Gasteiger partial charge in [0.15, 0.2) is 5.82 Å². The molecule has 0 radical (unpaired) electrons. The molecule has 0 aliphatic carbocycles. The average molecular weight is 555 g/mol. The molecule has 0 atom stereocenters. The lowest BCUT2D eigenvalue weighted by Crippen LogP contribution is -2.48. The van der Waals surface area contributed by atoms with Gasteiger partial charge in [-0.15, -0.1) is 5.10 Å². The molecule has 41 heavy (non-hydrogen) atoms. The van der Waals surface area contributed by atoms with E-state index in [4.69, 9.17) is 5.10 Å². The number of piperidine rings is 1. The molecule has 1 aromatic carbocycles. The monoisotopic (exact) mass is 554 g/mol. The fourth-order valence-corrected chi connectivity index (χ4v) is 5.40. The van der Waals surface area contributed by atoms with Crippen LogP contribution in [-0.2, 0) is 18.6 Å². The van der Waals surface area contributed by atoms with Crippen molar-refractivity contribution in [3.8, 4) is 6.07 Å². The molecule has 5 heterocycles. The van der Waals surface area contributed by atoms with E-state index in [1.165, 1.54) is 4.90 Å². The molecule has 3 N–H and O–H groups in total. The van der Waals surface area contributed by atoms with Crippen molar-refractivity contribution in [2.75, 3.05) is 18.4 Å². The first-order chi connectivity index (χ1) is 19.9. The van der Waals surface area contributed by atoms with Crippen LogP contribution in [0.1, 0.15) is 30.4 Å². The lowest BCUT2D eigenvalue weighted by atomic mass is 9.85. The molecule has 0 bridgehead atoms. The van der Waals surface area contributed by atoms with Crippen LogP contribution in [0.3, 0.4) is 0 Å². The van der Waals surface area contributed by atoms with Crippen molar-refractivity contribution < 1.29 is 9.90 Å². The molecule has 0 unspecified atom stereocenters. The van der Waals surface area contributed by atoms with E-state index in [0.717, 1.165) is 11.1 Å². The van der Waals surface area contributed by atoms with E-state index in [0.29, 0.717) is 48.3 Å². The van der Waals surface area contributed by atoms with Crippen LogP contribution in [0.5, 0.6) is 0 Å². The quantitative estimate of drug-likeness (QED) is 0.256. The predicted octanol–water partition coefficient (Wildman–Crippen LogP) is 2.13. The van der Waals surface area contributed by atoms with Gasteiger partial charge in [0, 0.05) is 31.2 Å². The fraction of sp³-hybridized carbons (Fsp3) is 0.308. The van der Waals surface area contributed by atoms with Crippen molar-refractivity contribution in [1.29, 1.82) is 5.26 Å². The number of aromatic amines is 1. The summed E-state index contributed by atoms with van der Waals surface area (Å²) in [5, 5.41) is 44.1. The van der Waals surface area contributed by atoms with E-state index in [2.05, 4.69) is 36.9 Å². The van der Waals surface area contributed by atoms with Gasteiger partial charge in [0.25, 0.3) is 5.56 Å². The summed E-state index contributed by atoms with van der Waals surface area (Å²) < 4.78 is 3.44. The zero-order valence-electron chi connectivity index (χ0n) is 21.9. The SMILES string of the molecule is N#CCC1(n2nc(Nc3cc(Cn4ccnn4)cc(Cn4nccn4)c3)c3c(=O)[nH]ccc32)CCN(C(=O)O)CC1. The number of nitriles is 1. The number of rotatable bonds is 8. The summed E-state index contributed by atoms with van der Waals surface area (Å²) in [4.78, 5) is 30.3. The van der Waals surface area contributed by atoms with E-state index < -0.39 is 11.6 Å². The largest absolute Gasteiger partial charge is 0.465 e. The van der Waals surface area contributed by atoms with Crippen molar-refractivity contribution in [2.24, 2.45) is 0 Å². The molecule has 1 fully saturated rings. The second kappa shape index (κ2) is 10.6. The number of carbonyl (C=O) groups is 1. The van der Waals surface area contributed by atoms with Crippen LogP contribution in [0.4, 0.5) is 16.3 Å². The van der Waals surface area contributed by atoms with E-state index in [1.54, 1.807) is 51.2 Å². The minimum absolute atomic E-state index is 0.123. The molecule has 208 valence electrons. The van der Waals surface area contributed by atoms with Gasteiger partial charge in [0.05, 0.1) is 55.2 Å². The highest BCUT2D eigenvalue weighted by Crippen LogP contribution is 2.37. The van der Waals surface area contributed by atoms with Crippen molar-refractivity contribution in [3.05, 3.63) is 76.7 Å². The molecular formula is C26H26N12O3. The molecule has 5 aromatic rings. The average Bonchev–Trinajstić information content (AvgIpc) is 3.72. The topological polar surface area (TPSA) is 188 Å². The van der Waals surface area contributed by atoms with Gasteiger partial charge in [0.1, 0.15) is 5.39 Å².